The van der Waals surface area contributed by atoms with E-state index in [9.17, 15) is 4.79 Å². The van der Waals surface area contributed by atoms with Gasteiger partial charge in [0.1, 0.15) is 5.76 Å². The van der Waals surface area contributed by atoms with E-state index in [1.165, 1.54) is 6.42 Å². The zero-order valence-corrected chi connectivity index (χ0v) is 15.9. The zero-order chi connectivity index (χ0) is 17.9. The lowest BCUT2D eigenvalue weighted by atomic mass is 9.76. The molecule has 1 saturated carbocycles. The molecule has 0 radical (unpaired) electrons. The predicted octanol–water partition coefficient (Wildman–Crippen LogP) is 4.01. The minimum Gasteiger partial charge on any atom is -0.455 e. The third-order valence-corrected chi connectivity index (χ3v) is 5.72. The fourth-order valence-corrected chi connectivity index (χ4v) is 4.21. The standard InChI is InChI=1S/C20H27ClN2O2/c1-3-22-14-17-18(25-16-9-7-8-15(21)10-11-16)19(24)23(2)20(17)12-5-4-6-13-20/h7-8,10-11,22H,3-6,9,12-14H2,1-2H3. The Kier molecular flexibility index (Phi) is 5.70. The van der Waals surface area contributed by atoms with Gasteiger partial charge in [0, 0.05) is 30.6 Å². The number of allylic oxidation sites excluding steroid dienone is 5. The zero-order valence-electron chi connectivity index (χ0n) is 15.1. The van der Waals surface area contributed by atoms with Crippen LogP contribution in [0.25, 0.3) is 0 Å². The smallest absolute Gasteiger partial charge is 0.290 e. The second-order valence-electron chi connectivity index (χ2n) is 6.94. The first-order valence-corrected chi connectivity index (χ1v) is 9.59. The lowest BCUT2D eigenvalue weighted by Gasteiger charge is -2.41. The average Bonchev–Trinajstić information content (AvgIpc) is 2.78. The van der Waals surface area contributed by atoms with Gasteiger partial charge < -0.3 is 15.0 Å². The quantitative estimate of drug-likeness (QED) is 0.803. The largest absolute Gasteiger partial charge is 0.455 e. The van der Waals surface area contributed by atoms with Crippen molar-refractivity contribution < 1.29 is 9.53 Å². The molecule has 1 N–H and O–H groups in total. The van der Waals surface area contributed by atoms with E-state index >= 15 is 0 Å². The van der Waals surface area contributed by atoms with Crippen LogP contribution in [0.15, 0.2) is 46.4 Å². The highest BCUT2D eigenvalue weighted by Crippen LogP contribution is 2.45. The van der Waals surface area contributed by atoms with Gasteiger partial charge in [0.2, 0.25) is 0 Å². The number of amides is 1. The Balaban J connectivity index is 1.95. The number of likely N-dealkylation sites (N-methyl/N-ethyl adjacent to an activating group) is 2. The number of nitrogens with one attached hydrogen (secondary N) is 1. The summed E-state index contributed by atoms with van der Waals surface area (Å²) in [5.41, 5.74) is 0.937. The van der Waals surface area contributed by atoms with Gasteiger partial charge >= 0.3 is 0 Å². The number of carbonyl (C=O) groups is 1. The van der Waals surface area contributed by atoms with Crippen LogP contribution in [-0.2, 0) is 9.53 Å². The Morgan fingerprint density at radius 1 is 1.28 bits per heavy atom. The van der Waals surface area contributed by atoms with Crippen LogP contribution in [-0.4, -0.2) is 36.5 Å². The average molecular weight is 363 g/mol. The van der Waals surface area contributed by atoms with Crippen molar-refractivity contribution in [3.8, 4) is 0 Å². The third-order valence-electron chi connectivity index (χ3n) is 5.47. The van der Waals surface area contributed by atoms with Crippen LogP contribution in [0, 0.1) is 0 Å². The molecular formula is C20H27ClN2O2. The van der Waals surface area contributed by atoms with Crippen molar-refractivity contribution in [2.75, 3.05) is 20.1 Å². The van der Waals surface area contributed by atoms with Crippen LogP contribution in [0.4, 0.5) is 0 Å². The summed E-state index contributed by atoms with van der Waals surface area (Å²) >= 11 is 6.05. The molecule has 0 saturated heterocycles. The molecule has 0 aromatic carbocycles. The summed E-state index contributed by atoms with van der Waals surface area (Å²) in [6.07, 6.45) is 13.7. The normalized spacial score (nSPS) is 23.0. The van der Waals surface area contributed by atoms with Crippen LogP contribution >= 0.6 is 11.6 Å². The van der Waals surface area contributed by atoms with E-state index in [0.29, 0.717) is 23.8 Å². The number of hydrogen-bond donors (Lipinski definition) is 1. The maximum absolute atomic E-state index is 13.0. The van der Waals surface area contributed by atoms with Crippen molar-refractivity contribution >= 4 is 17.5 Å². The van der Waals surface area contributed by atoms with Gasteiger partial charge in [-0.1, -0.05) is 43.9 Å². The van der Waals surface area contributed by atoms with Crippen molar-refractivity contribution in [1.29, 1.82) is 0 Å². The highest BCUT2D eigenvalue weighted by atomic mass is 35.5. The van der Waals surface area contributed by atoms with Gasteiger partial charge in [-0.3, -0.25) is 4.79 Å². The van der Waals surface area contributed by atoms with E-state index < -0.39 is 0 Å². The molecule has 0 aromatic rings. The van der Waals surface area contributed by atoms with Crippen molar-refractivity contribution in [3.63, 3.8) is 0 Å². The summed E-state index contributed by atoms with van der Waals surface area (Å²) in [6, 6.07) is 0. The van der Waals surface area contributed by atoms with E-state index in [-0.39, 0.29) is 11.4 Å². The summed E-state index contributed by atoms with van der Waals surface area (Å²) in [5, 5.41) is 4.07. The SMILES string of the molecule is CCNCC1=C(OC2=CC=C(Cl)C=CC2)C(=O)N(C)C12CCCCC2. The topological polar surface area (TPSA) is 41.6 Å². The minimum atomic E-state index is -0.179. The Morgan fingerprint density at radius 2 is 2.04 bits per heavy atom. The molecule has 1 heterocycles. The van der Waals surface area contributed by atoms with Gasteiger partial charge in [0.15, 0.2) is 5.76 Å². The van der Waals surface area contributed by atoms with Crippen molar-refractivity contribution in [3.05, 3.63) is 46.4 Å². The molecule has 136 valence electrons. The molecule has 0 unspecified atom stereocenters. The van der Waals surface area contributed by atoms with Crippen LogP contribution < -0.4 is 5.32 Å². The molecule has 4 nitrogen and oxygen atoms in total. The van der Waals surface area contributed by atoms with Gasteiger partial charge in [0.05, 0.1) is 5.54 Å². The minimum absolute atomic E-state index is 0.000920. The molecule has 1 fully saturated rings. The Hall–Kier alpha value is -1.52. The van der Waals surface area contributed by atoms with E-state index in [2.05, 4.69) is 12.2 Å². The third kappa shape index (κ3) is 3.56. The summed E-state index contributed by atoms with van der Waals surface area (Å²) in [7, 11) is 1.92. The second-order valence-corrected chi connectivity index (χ2v) is 7.37. The summed E-state index contributed by atoms with van der Waals surface area (Å²) in [4.78, 5) is 14.9. The molecule has 5 heteroatoms. The molecule has 25 heavy (non-hydrogen) atoms. The highest BCUT2D eigenvalue weighted by Gasteiger charge is 2.50. The first-order valence-electron chi connectivity index (χ1n) is 9.22. The van der Waals surface area contributed by atoms with Crippen LogP contribution in [0.1, 0.15) is 45.4 Å². The Bertz CT molecular complexity index is 655. The number of halogens is 1. The molecule has 0 aromatic heterocycles. The number of carbonyl (C=O) groups excluding carboxylic acids is 1. The maximum Gasteiger partial charge on any atom is 0.290 e. The van der Waals surface area contributed by atoms with Crippen molar-refractivity contribution in [1.82, 2.24) is 10.2 Å². The Labute approximate surface area is 155 Å². The lowest BCUT2D eigenvalue weighted by molar-refractivity contribution is -0.131. The molecule has 1 spiro atoms. The predicted molar refractivity (Wildman–Crippen MR) is 101 cm³/mol. The molecule has 0 atom stereocenters. The summed E-state index contributed by atoms with van der Waals surface area (Å²) in [5.74, 6) is 1.26. The van der Waals surface area contributed by atoms with Gasteiger partial charge in [-0.15, -0.1) is 0 Å². The summed E-state index contributed by atoms with van der Waals surface area (Å²) in [6.45, 7) is 3.65. The molecule has 1 aliphatic heterocycles. The number of rotatable bonds is 5. The molecule has 2 aliphatic carbocycles. The second kappa shape index (κ2) is 7.79. The van der Waals surface area contributed by atoms with Crippen molar-refractivity contribution in [2.45, 2.75) is 51.0 Å². The van der Waals surface area contributed by atoms with Crippen molar-refractivity contribution in [2.24, 2.45) is 0 Å². The molecule has 0 bridgehead atoms. The van der Waals surface area contributed by atoms with Crippen LogP contribution in [0.5, 0.6) is 0 Å². The Morgan fingerprint density at radius 3 is 2.76 bits per heavy atom. The van der Waals surface area contributed by atoms with Crippen LogP contribution in [0.3, 0.4) is 0 Å². The monoisotopic (exact) mass is 362 g/mol. The first-order chi connectivity index (χ1) is 12.1. The van der Waals surface area contributed by atoms with Gasteiger partial charge in [-0.25, -0.2) is 0 Å². The van der Waals surface area contributed by atoms with E-state index in [1.807, 2.05) is 36.3 Å². The van der Waals surface area contributed by atoms with Crippen LogP contribution in [0.2, 0.25) is 0 Å². The van der Waals surface area contributed by atoms with Gasteiger partial charge in [0.25, 0.3) is 5.91 Å². The summed E-state index contributed by atoms with van der Waals surface area (Å²) < 4.78 is 6.16. The highest BCUT2D eigenvalue weighted by molar-refractivity contribution is 6.31. The fraction of sp³-hybridized carbons (Fsp3) is 0.550. The molecule has 3 aliphatic rings. The van der Waals surface area contributed by atoms with Gasteiger partial charge in [-0.05, 0) is 37.6 Å². The molecular weight excluding hydrogens is 336 g/mol. The number of ether oxygens (including phenoxy) is 1. The van der Waals surface area contributed by atoms with E-state index in [1.54, 1.807) is 0 Å². The van der Waals surface area contributed by atoms with E-state index in [4.69, 9.17) is 16.3 Å². The number of hydrogen-bond acceptors (Lipinski definition) is 3. The molecule has 1 amide bonds. The fourth-order valence-electron chi connectivity index (χ4n) is 4.05. The maximum atomic E-state index is 13.0. The first kappa shape index (κ1) is 18.3. The van der Waals surface area contributed by atoms with Gasteiger partial charge in [-0.2, -0.15) is 0 Å². The number of nitrogens with zero attached hydrogens (tertiary/aromatic N) is 1. The lowest BCUT2D eigenvalue weighted by Crippen LogP contribution is -2.48. The van der Waals surface area contributed by atoms with E-state index in [0.717, 1.165) is 43.6 Å². The molecule has 3 rings (SSSR count).